The van der Waals surface area contributed by atoms with Gasteiger partial charge < -0.3 is 15.8 Å². The number of aryl methyl sites for hydroxylation is 1. The van der Waals surface area contributed by atoms with E-state index in [0.29, 0.717) is 22.7 Å². The second kappa shape index (κ2) is 5.61. The molecule has 2 rings (SSSR count). The molecular weight excluding hydrogens is 259 g/mol. The van der Waals surface area contributed by atoms with Crippen molar-refractivity contribution in [1.82, 2.24) is 0 Å². The van der Waals surface area contributed by atoms with E-state index in [9.17, 15) is 9.18 Å². The minimum atomic E-state index is -0.412. The van der Waals surface area contributed by atoms with Crippen molar-refractivity contribution in [2.24, 2.45) is 0 Å². The van der Waals surface area contributed by atoms with Crippen LogP contribution < -0.4 is 15.8 Å². The lowest BCUT2D eigenvalue weighted by molar-refractivity contribution is 0.102. The predicted molar refractivity (Wildman–Crippen MR) is 76.5 cm³/mol. The summed E-state index contributed by atoms with van der Waals surface area (Å²) in [5, 5.41) is 2.65. The molecule has 5 heteroatoms. The van der Waals surface area contributed by atoms with Crippen LogP contribution in [0.25, 0.3) is 0 Å². The Morgan fingerprint density at radius 1 is 1.25 bits per heavy atom. The fourth-order valence-corrected chi connectivity index (χ4v) is 1.82. The molecule has 0 aromatic heterocycles. The summed E-state index contributed by atoms with van der Waals surface area (Å²) in [7, 11) is 1.47. The maximum absolute atomic E-state index is 13.2. The molecule has 2 aromatic rings. The van der Waals surface area contributed by atoms with E-state index >= 15 is 0 Å². The van der Waals surface area contributed by atoms with Crippen LogP contribution in [-0.4, -0.2) is 13.0 Å². The molecule has 3 N–H and O–H groups in total. The fraction of sp³-hybridized carbons (Fsp3) is 0.133. The van der Waals surface area contributed by atoms with E-state index in [1.165, 1.54) is 25.3 Å². The third-order valence-corrected chi connectivity index (χ3v) is 2.92. The van der Waals surface area contributed by atoms with Gasteiger partial charge in [-0.1, -0.05) is 6.07 Å². The highest BCUT2D eigenvalue weighted by Crippen LogP contribution is 2.23. The number of nitrogens with one attached hydrogen (secondary N) is 1. The summed E-state index contributed by atoms with van der Waals surface area (Å²) in [5.41, 5.74) is 7.61. The average Bonchev–Trinajstić information content (AvgIpc) is 2.42. The molecule has 0 aliphatic carbocycles. The van der Waals surface area contributed by atoms with Crippen LogP contribution >= 0.6 is 0 Å². The van der Waals surface area contributed by atoms with Gasteiger partial charge >= 0.3 is 0 Å². The molecule has 0 heterocycles. The number of anilines is 2. The average molecular weight is 274 g/mol. The number of hydrogen-bond donors (Lipinski definition) is 2. The number of rotatable bonds is 3. The SMILES string of the molecule is COc1ccc(N)cc1C(=O)Nc1cc(F)ccc1C. The Balaban J connectivity index is 2.32. The molecule has 0 saturated heterocycles. The summed E-state index contributed by atoms with van der Waals surface area (Å²) in [4.78, 5) is 12.2. The van der Waals surface area contributed by atoms with Crippen molar-refractivity contribution in [3.63, 3.8) is 0 Å². The van der Waals surface area contributed by atoms with Gasteiger partial charge in [0.25, 0.3) is 5.91 Å². The Bertz CT molecular complexity index is 656. The quantitative estimate of drug-likeness (QED) is 0.846. The third kappa shape index (κ3) is 2.88. The van der Waals surface area contributed by atoms with E-state index in [-0.39, 0.29) is 0 Å². The zero-order valence-electron chi connectivity index (χ0n) is 11.2. The van der Waals surface area contributed by atoms with Crippen molar-refractivity contribution < 1.29 is 13.9 Å². The highest BCUT2D eigenvalue weighted by atomic mass is 19.1. The molecule has 0 atom stereocenters. The van der Waals surface area contributed by atoms with Crippen LogP contribution in [0.1, 0.15) is 15.9 Å². The lowest BCUT2D eigenvalue weighted by atomic mass is 10.1. The van der Waals surface area contributed by atoms with Gasteiger partial charge in [0.1, 0.15) is 11.6 Å². The highest BCUT2D eigenvalue weighted by molar-refractivity contribution is 6.07. The molecule has 1 amide bonds. The third-order valence-electron chi connectivity index (χ3n) is 2.92. The van der Waals surface area contributed by atoms with Crippen LogP contribution in [0.5, 0.6) is 5.75 Å². The van der Waals surface area contributed by atoms with E-state index in [0.717, 1.165) is 5.56 Å². The van der Waals surface area contributed by atoms with Gasteiger partial charge in [-0.15, -0.1) is 0 Å². The smallest absolute Gasteiger partial charge is 0.259 e. The van der Waals surface area contributed by atoms with Crippen molar-refractivity contribution >= 4 is 17.3 Å². The molecule has 0 fully saturated rings. The second-order valence-corrected chi connectivity index (χ2v) is 4.37. The largest absolute Gasteiger partial charge is 0.496 e. The first-order valence-electron chi connectivity index (χ1n) is 6.02. The normalized spacial score (nSPS) is 10.2. The lowest BCUT2D eigenvalue weighted by Crippen LogP contribution is -2.14. The molecule has 0 saturated carbocycles. The zero-order valence-corrected chi connectivity index (χ0v) is 11.2. The van der Waals surface area contributed by atoms with Crippen LogP contribution in [0.4, 0.5) is 15.8 Å². The number of nitrogens with two attached hydrogens (primary N) is 1. The Morgan fingerprint density at radius 3 is 2.70 bits per heavy atom. The molecule has 0 aliphatic heterocycles. The molecule has 2 aromatic carbocycles. The molecule has 0 bridgehead atoms. The number of methoxy groups -OCH3 is 1. The number of ether oxygens (including phenoxy) is 1. The van der Waals surface area contributed by atoms with Gasteiger partial charge in [0.15, 0.2) is 0 Å². The number of halogens is 1. The number of amides is 1. The summed E-state index contributed by atoms with van der Waals surface area (Å²) in [6, 6.07) is 8.98. The van der Waals surface area contributed by atoms with Gasteiger partial charge in [-0.05, 0) is 42.8 Å². The van der Waals surface area contributed by atoms with Crippen LogP contribution in [-0.2, 0) is 0 Å². The standard InChI is InChI=1S/C15H15FN2O2/c1-9-3-4-10(16)7-13(9)18-15(19)12-8-11(17)5-6-14(12)20-2/h3-8H,17H2,1-2H3,(H,18,19). The Labute approximate surface area is 116 Å². The molecule has 0 spiro atoms. The highest BCUT2D eigenvalue weighted by Gasteiger charge is 2.14. The maximum Gasteiger partial charge on any atom is 0.259 e. The zero-order chi connectivity index (χ0) is 14.7. The van der Waals surface area contributed by atoms with Gasteiger partial charge in [-0.3, -0.25) is 4.79 Å². The summed E-state index contributed by atoms with van der Waals surface area (Å²) in [5.74, 6) is -0.404. The van der Waals surface area contributed by atoms with Crippen LogP contribution in [0.15, 0.2) is 36.4 Å². The predicted octanol–water partition coefficient (Wildman–Crippen LogP) is 2.98. The van der Waals surface area contributed by atoms with Crippen molar-refractivity contribution in [2.45, 2.75) is 6.92 Å². The lowest BCUT2D eigenvalue weighted by Gasteiger charge is -2.11. The van der Waals surface area contributed by atoms with Crippen molar-refractivity contribution in [2.75, 3.05) is 18.2 Å². The number of benzene rings is 2. The number of nitrogen functional groups attached to an aromatic ring is 1. The second-order valence-electron chi connectivity index (χ2n) is 4.37. The molecule has 4 nitrogen and oxygen atoms in total. The van der Waals surface area contributed by atoms with Crippen LogP contribution in [0.2, 0.25) is 0 Å². The number of hydrogen-bond acceptors (Lipinski definition) is 3. The van der Waals surface area contributed by atoms with E-state index in [1.54, 1.807) is 25.1 Å². The van der Waals surface area contributed by atoms with E-state index < -0.39 is 11.7 Å². The van der Waals surface area contributed by atoms with E-state index in [1.807, 2.05) is 0 Å². The molecule has 104 valence electrons. The fourth-order valence-electron chi connectivity index (χ4n) is 1.82. The first kappa shape index (κ1) is 13.9. The molecular formula is C15H15FN2O2. The van der Waals surface area contributed by atoms with E-state index in [2.05, 4.69) is 5.32 Å². The number of carbonyl (C=O) groups excluding carboxylic acids is 1. The van der Waals surface area contributed by atoms with Gasteiger partial charge in [0, 0.05) is 11.4 Å². The van der Waals surface area contributed by atoms with Crippen molar-refractivity contribution in [3.8, 4) is 5.75 Å². The summed E-state index contributed by atoms with van der Waals surface area (Å²) >= 11 is 0. The van der Waals surface area contributed by atoms with Crippen LogP contribution in [0.3, 0.4) is 0 Å². The molecule has 20 heavy (non-hydrogen) atoms. The Hall–Kier alpha value is -2.56. The monoisotopic (exact) mass is 274 g/mol. The van der Waals surface area contributed by atoms with E-state index in [4.69, 9.17) is 10.5 Å². The Kier molecular flexibility index (Phi) is 3.89. The van der Waals surface area contributed by atoms with Crippen molar-refractivity contribution in [3.05, 3.63) is 53.3 Å². The molecule has 0 radical (unpaired) electrons. The Morgan fingerprint density at radius 2 is 2.00 bits per heavy atom. The number of carbonyl (C=O) groups is 1. The van der Waals surface area contributed by atoms with Gasteiger partial charge in [0.2, 0.25) is 0 Å². The topological polar surface area (TPSA) is 64.3 Å². The minimum Gasteiger partial charge on any atom is -0.496 e. The summed E-state index contributed by atoms with van der Waals surface area (Å²) in [6.07, 6.45) is 0. The van der Waals surface area contributed by atoms with Gasteiger partial charge in [0.05, 0.1) is 12.7 Å². The summed E-state index contributed by atoms with van der Waals surface area (Å²) in [6.45, 7) is 1.78. The maximum atomic E-state index is 13.2. The van der Waals surface area contributed by atoms with Gasteiger partial charge in [-0.2, -0.15) is 0 Å². The minimum absolute atomic E-state index is 0.302. The summed E-state index contributed by atoms with van der Waals surface area (Å²) < 4.78 is 18.3. The molecule has 0 unspecified atom stereocenters. The van der Waals surface area contributed by atoms with Gasteiger partial charge in [-0.25, -0.2) is 4.39 Å². The first-order valence-corrected chi connectivity index (χ1v) is 6.02. The van der Waals surface area contributed by atoms with Crippen LogP contribution in [0, 0.1) is 12.7 Å². The first-order chi connectivity index (χ1) is 9.51. The molecule has 0 aliphatic rings. The van der Waals surface area contributed by atoms with Crippen molar-refractivity contribution in [1.29, 1.82) is 0 Å².